The van der Waals surface area contributed by atoms with Crippen molar-refractivity contribution in [1.29, 1.82) is 2.67 Å². The fourth-order valence-corrected chi connectivity index (χ4v) is 16.2. The average molecular weight is 208 g/mol. The first-order chi connectivity index (χ1) is 4.09. The van der Waals surface area contributed by atoms with Crippen molar-refractivity contribution in [3.63, 3.8) is 0 Å². The van der Waals surface area contributed by atoms with Crippen molar-refractivity contribution in [3.05, 3.63) is 0 Å². The quantitative estimate of drug-likeness (QED) is 0.493. The fraction of sp³-hybridized carbons (Fsp3) is 0. The van der Waals surface area contributed by atoms with Crippen molar-refractivity contribution < 1.29 is 0 Å². The van der Waals surface area contributed by atoms with Crippen molar-refractivity contribution >= 4 is 56.4 Å². The van der Waals surface area contributed by atoms with Crippen LogP contribution < -0.4 is 0 Å². The lowest BCUT2D eigenvalue weighted by molar-refractivity contribution is 4.68. The van der Waals surface area contributed by atoms with Gasteiger partial charge in [0.1, 0.15) is 7.49 Å². The minimum absolute atomic E-state index is 0.189. The molecule has 7 heteroatoms. The SMILES string of the molecule is [2H]B([2H])P(PP)P(P)P. The highest BCUT2D eigenvalue weighted by atomic mass is 32.9. The van der Waals surface area contributed by atoms with E-state index in [1.54, 1.807) is 0 Å². The van der Waals surface area contributed by atoms with Crippen LogP contribution in [-0.2, 0) is 0 Å². The number of rotatable bonds is 3. The van der Waals surface area contributed by atoms with E-state index in [0.29, 0.717) is 7.96 Å². The molecule has 0 saturated heterocycles. The molecule has 0 fully saturated rings. The maximum absolute atomic E-state index is 7.14. The Hall–Kier alpha value is 2.64. The molecule has 0 radical (unpaired) electrons. The molecule has 0 saturated carbocycles. The van der Waals surface area contributed by atoms with Crippen LogP contribution >= 0.6 is 48.9 Å². The third kappa shape index (κ3) is 5.11. The van der Waals surface area contributed by atoms with Crippen LogP contribution in [-0.4, -0.2) is 10.2 Å². The summed E-state index contributed by atoms with van der Waals surface area (Å²) in [6.07, 6.45) is 0. The summed E-state index contributed by atoms with van der Waals surface area (Å²) < 4.78 is 14.3. The van der Waals surface area contributed by atoms with Crippen LogP contribution in [0, 0.1) is 0 Å². The largest absolute Gasteiger partial charge is 0.146 e. The summed E-state index contributed by atoms with van der Waals surface area (Å²) in [5, 5.41) is 0. The zero-order valence-corrected chi connectivity index (χ0v) is 9.96. The molecule has 0 aliphatic heterocycles. The van der Waals surface area contributed by atoms with E-state index in [2.05, 4.69) is 26.8 Å². The normalized spacial score (nSPS) is 20.0. The Labute approximate surface area is 59.6 Å². The third-order valence-electron chi connectivity index (χ3n) is 0.381. The van der Waals surface area contributed by atoms with Crippen molar-refractivity contribution in [2.45, 2.75) is 0 Å². The van der Waals surface area contributed by atoms with E-state index in [1.165, 1.54) is 0 Å². The van der Waals surface area contributed by atoms with Gasteiger partial charge in [-0.2, -0.15) is 0 Å². The average Bonchev–Trinajstić information content (AvgIpc) is 1.64. The summed E-state index contributed by atoms with van der Waals surface area (Å²) in [4.78, 5) is 0. The van der Waals surface area contributed by atoms with Gasteiger partial charge >= 0.3 is 0 Å². The standard InChI is InChI=1S/BH9P6/c1-6(5-2)7(3)4/h5H,1-4H2/i1D2. The van der Waals surface area contributed by atoms with Crippen molar-refractivity contribution in [2.24, 2.45) is 0 Å². The summed E-state index contributed by atoms with van der Waals surface area (Å²) in [6, 6.07) is 0. The predicted octanol–water partition coefficient (Wildman–Crippen LogP) is 2.38. The Morgan fingerprint density at radius 3 is 2.29 bits per heavy atom. The van der Waals surface area contributed by atoms with Gasteiger partial charge in [-0.05, 0) is 9.66 Å². The Balaban J connectivity index is 3.68. The smallest absolute Gasteiger partial charge is 0.110 e. The zero-order chi connectivity index (χ0) is 7.44. The highest BCUT2D eigenvalue weighted by molar-refractivity contribution is 8.92. The monoisotopic (exact) mass is 208 g/mol. The molecular weight excluding hydrogens is 197 g/mol. The van der Waals surface area contributed by atoms with Crippen molar-refractivity contribution in [3.8, 4) is 0 Å². The van der Waals surface area contributed by atoms with Gasteiger partial charge in [0.15, 0.2) is 0 Å². The summed E-state index contributed by atoms with van der Waals surface area (Å²) in [5.41, 5.74) is 0. The molecule has 0 spiro atoms. The molecule has 5 atom stereocenters. The number of hydrogen-bond acceptors (Lipinski definition) is 0. The first-order valence-corrected chi connectivity index (χ1v) is 11.8. The van der Waals surface area contributed by atoms with E-state index < -0.39 is 7.49 Å². The molecule has 0 amide bonds. The molecule has 0 nitrogen and oxygen atoms in total. The highest BCUT2D eigenvalue weighted by Crippen LogP contribution is 2.86. The molecule has 0 aliphatic rings. The van der Waals surface area contributed by atoms with Gasteiger partial charge < -0.3 is 0 Å². The second-order valence-electron chi connectivity index (χ2n) is 0.854. The molecular formula is H9BP6. The van der Waals surface area contributed by atoms with Crippen LogP contribution in [0.1, 0.15) is 0 Å². The minimum Gasteiger partial charge on any atom is -0.110 e. The molecule has 0 aliphatic carbocycles. The van der Waals surface area contributed by atoms with Crippen LogP contribution in [0.5, 0.6) is 0 Å². The van der Waals surface area contributed by atoms with Gasteiger partial charge in [0.05, 0.1) is 0 Å². The summed E-state index contributed by atoms with van der Waals surface area (Å²) in [6.45, 7) is -0.189. The molecule has 5 unspecified atom stereocenters. The van der Waals surface area contributed by atoms with E-state index in [-0.39, 0.29) is 14.2 Å². The van der Waals surface area contributed by atoms with Crippen molar-refractivity contribution in [1.82, 2.24) is 0 Å². The maximum atomic E-state index is 7.14. The molecule has 0 aromatic carbocycles. The molecule has 0 N–H and O–H groups in total. The van der Waals surface area contributed by atoms with Crippen LogP contribution in [0.2, 0.25) is 0 Å². The second kappa shape index (κ2) is 5.43. The lowest BCUT2D eigenvalue weighted by Gasteiger charge is -2.11. The van der Waals surface area contributed by atoms with E-state index in [0.717, 1.165) is 0 Å². The van der Waals surface area contributed by atoms with Gasteiger partial charge in [-0.25, -0.2) is 0 Å². The molecule has 0 heterocycles. The molecule has 42 valence electrons. The first-order valence-electron chi connectivity index (χ1n) is 2.64. The lowest BCUT2D eigenvalue weighted by atomic mass is 10.8. The zero-order valence-electron chi connectivity index (χ0n) is 5.70. The molecule has 7 heavy (non-hydrogen) atoms. The van der Waals surface area contributed by atoms with Gasteiger partial charge in [-0.1, -0.05) is 15.1 Å². The summed E-state index contributed by atoms with van der Waals surface area (Å²) in [5.74, 6) is 0. The highest BCUT2D eigenvalue weighted by Gasteiger charge is 2.00. The molecule has 0 rings (SSSR count). The fourth-order valence-electron chi connectivity index (χ4n) is 0.0667. The van der Waals surface area contributed by atoms with E-state index in [1.807, 2.05) is 0 Å². The van der Waals surface area contributed by atoms with E-state index >= 15 is 0 Å². The molecule has 0 aromatic rings. The second-order valence-corrected chi connectivity index (χ2v) is 18.6. The van der Waals surface area contributed by atoms with Gasteiger partial charge in [0.2, 0.25) is 0 Å². The lowest BCUT2D eigenvalue weighted by Crippen LogP contribution is -1.40. The minimum atomic E-state index is -0.600. The van der Waals surface area contributed by atoms with Crippen LogP contribution in [0.25, 0.3) is 0 Å². The van der Waals surface area contributed by atoms with Crippen molar-refractivity contribution in [2.75, 3.05) is 0 Å². The van der Waals surface area contributed by atoms with Gasteiger partial charge in [0, 0.05) is 0 Å². The van der Waals surface area contributed by atoms with Crippen LogP contribution in [0.15, 0.2) is 0 Å². The Kier molecular flexibility index (Phi) is 4.94. The summed E-state index contributed by atoms with van der Waals surface area (Å²) in [7, 11) is 7.77. The topological polar surface area (TPSA) is 0 Å². The van der Waals surface area contributed by atoms with Crippen LogP contribution in [0.3, 0.4) is 0 Å². The van der Waals surface area contributed by atoms with Gasteiger partial charge in [-0.15, -0.1) is 26.8 Å². The third-order valence-corrected chi connectivity index (χ3v) is 19.6. The first kappa shape index (κ1) is 6.36. The van der Waals surface area contributed by atoms with E-state index in [4.69, 9.17) is 2.67 Å². The maximum Gasteiger partial charge on any atom is 0.146 e. The molecule has 0 bridgehead atoms. The molecule has 0 aromatic heterocycles. The van der Waals surface area contributed by atoms with Gasteiger partial charge in [-0.3, -0.25) is 0 Å². The predicted molar refractivity (Wildman–Crippen MR) is 59.8 cm³/mol. The van der Waals surface area contributed by atoms with E-state index in [9.17, 15) is 0 Å². The Bertz CT molecular complexity index is 65.5. The summed E-state index contributed by atoms with van der Waals surface area (Å²) >= 11 is 0. The Morgan fingerprint density at radius 1 is 1.71 bits per heavy atom. The Morgan fingerprint density at radius 2 is 2.29 bits per heavy atom. The van der Waals surface area contributed by atoms with Gasteiger partial charge in [0.25, 0.3) is 0 Å². The van der Waals surface area contributed by atoms with Crippen LogP contribution in [0.4, 0.5) is 0 Å². The number of hydrogen-bond donors (Lipinski definition) is 0.